The van der Waals surface area contributed by atoms with Crippen LogP contribution < -0.4 is 5.32 Å². The van der Waals surface area contributed by atoms with Gasteiger partial charge in [-0.05, 0) is 24.6 Å². The molecule has 2 aromatic rings. The molecule has 0 spiro atoms. The van der Waals surface area contributed by atoms with Crippen LogP contribution in [-0.2, 0) is 13.5 Å². The van der Waals surface area contributed by atoms with Crippen molar-refractivity contribution < 1.29 is 0 Å². The summed E-state index contributed by atoms with van der Waals surface area (Å²) in [6.45, 7) is 3.29. The zero-order valence-electron chi connectivity index (χ0n) is 12.7. The summed E-state index contributed by atoms with van der Waals surface area (Å²) in [6, 6.07) is 9.30. The van der Waals surface area contributed by atoms with Crippen molar-refractivity contribution in [3.63, 3.8) is 0 Å². The predicted molar refractivity (Wildman–Crippen MR) is 88.9 cm³/mol. The molecule has 4 heteroatoms. The third-order valence-electron chi connectivity index (χ3n) is 4.20. The lowest BCUT2D eigenvalue weighted by Gasteiger charge is -2.25. The van der Waals surface area contributed by atoms with E-state index >= 15 is 0 Å². The van der Waals surface area contributed by atoms with Crippen molar-refractivity contribution in [2.24, 2.45) is 7.05 Å². The summed E-state index contributed by atoms with van der Waals surface area (Å²) >= 11 is 1.99. The molecule has 3 rings (SSSR count). The molecule has 0 radical (unpaired) electrons. The SMILES string of the molecule is CCCNC(Cc1nccn1C)C1CSc2ccccc21. The molecule has 0 saturated carbocycles. The molecule has 3 nitrogen and oxygen atoms in total. The third kappa shape index (κ3) is 3.16. The fraction of sp³-hybridized carbons (Fsp3) is 0.471. The van der Waals surface area contributed by atoms with Gasteiger partial charge in [0.15, 0.2) is 0 Å². The van der Waals surface area contributed by atoms with Crippen LogP contribution in [0, 0.1) is 0 Å². The number of nitrogens with zero attached hydrogens (tertiary/aromatic N) is 2. The second-order valence-electron chi connectivity index (χ2n) is 5.67. The van der Waals surface area contributed by atoms with Crippen LogP contribution in [-0.4, -0.2) is 27.9 Å². The highest BCUT2D eigenvalue weighted by Crippen LogP contribution is 2.41. The van der Waals surface area contributed by atoms with Crippen molar-refractivity contribution in [3.8, 4) is 0 Å². The molecule has 112 valence electrons. The van der Waals surface area contributed by atoms with Crippen LogP contribution in [0.25, 0.3) is 0 Å². The van der Waals surface area contributed by atoms with Crippen LogP contribution in [0.3, 0.4) is 0 Å². The van der Waals surface area contributed by atoms with Crippen molar-refractivity contribution in [2.75, 3.05) is 12.3 Å². The molecule has 2 heterocycles. The number of hydrogen-bond donors (Lipinski definition) is 1. The van der Waals surface area contributed by atoms with Crippen LogP contribution in [0.2, 0.25) is 0 Å². The maximum absolute atomic E-state index is 4.51. The molecule has 1 N–H and O–H groups in total. The van der Waals surface area contributed by atoms with Crippen LogP contribution in [0.1, 0.15) is 30.7 Å². The Labute approximate surface area is 131 Å². The van der Waals surface area contributed by atoms with Crippen LogP contribution >= 0.6 is 11.8 Å². The van der Waals surface area contributed by atoms with E-state index < -0.39 is 0 Å². The fourth-order valence-corrected chi connectivity index (χ4v) is 4.33. The minimum atomic E-state index is 0.460. The van der Waals surface area contributed by atoms with Crippen LogP contribution in [0.5, 0.6) is 0 Å². The number of hydrogen-bond acceptors (Lipinski definition) is 3. The molecular formula is C17H23N3S. The summed E-state index contributed by atoms with van der Waals surface area (Å²) in [5.41, 5.74) is 1.50. The number of fused-ring (bicyclic) bond motifs is 1. The van der Waals surface area contributed by atoms with Crippen LogP contribution in [0.4, 0.5) is 0 Å². The summed E-state index contributed by atoms with van der Waals surface area (Å²) in [5.74, 6) is 2.91. The monoisotopic (exact) mass is 301 g/mol. The molecule has 2 atom stereocenters. The normalized spacial score (nSPS) is 18.7. The lowest BCUT2D eigenvalue weighted by atomic mass is 9.91. The molecule has 0 aliphatic carbocycles. The average molecular weight is 301 g/mol. The summed E-state index contributed by atoms with van der Waals surface area (Å²) in [7, 11) is 2.08. The number of nitrogens with one attached hydrogen (secondary N) is 1. The van der Waals surface area contributed by atoms with E-state index in [1.165, 1.54) is 22.6 Å². The number of aryl methyl sites for hydroxylation is 1. The molecule has 2 unspecified atom stereocenters. The largest absolute Gasteiger partial charge is 0.338 e. The van der Waals surface area contributed by atoms with Crippen molar-refractivity contribution in [1.82, 2.24) is 14.9 Å². The molecule has 1 aromatic carbocycles. The minimum Gasteiger partial charge on any atom is -0.338 e. The number of aromatic nitrogens is 2. The first-order valence-electron chi connectivity index (χ1n) is 7.71. The van der Waals surface area contributed by atoms with Gasteiger partial charge < -0.3 is 9.88 Å². The van der Waals surface area contributed by atoms with E-state index in [4.69, 9.17) is 0 Å². The van der Waals surface area contributed by atoms with E-state index in [-0.39, 0.29) is 0 Å². The van der Waals surface area contributed by atoms with Crippen molar-refractivity contribution in [1.29, 1.82) is 0 Å². The Morgan fingerprint density at radius 1 is 1.43 bits per heavy atom. The Balaban J connectivity index is 1.81. The van der Waals surface area contributed by atoms with Gasteiger partial charge in [0.2, 0.25) is 0 Å². The smallest absolute Gasteiger partial charge is 0.109 e. The summed E-state index contributed by atoms with van der Waals surface area (Å²) in [4.78, 5) is 5.96. The van der Waals surface area contributed by atoms with Gasteiger partial charge in [-0.15, -0.1) is 11.8 Å². The zero-order chi connectivity index (χ0) is 14.7. The Hall–Kier alpha value is -1.26. The Kier molecular flexibility index (Phi) is 4.66. The number of thioether (sulfide) groups is 1. The van der Waals surface area contributed by atoms with Crippen molar-refractivity contribution in [2.45, 2.75) is 36.6 Å². The number of benzene rings is 1. The first-order chi connectivity index (χ1) is 10.3. The van der Waals surface area contributed by atoms with Gasteiger partial charge in [-0.2, -0.15) is 0 Å². The molecule has 0 fully saturated rings. The summed E-state index contributed by atoms with van der Waals surface area (Å²) in [6.07, 6.45) is 6.08. The maximum atomic E-state index is 4.51. The van der Waals surface area contributed by atoms with Gasteiger partial charge in [0, 0.05) is 48.5 Å². The van der Waals surface area contributed by atoms with E-state index in [2.05, 4.69) is 53.1 Å². The Morgan fingerprint density at radius 2 is 2.29 bits per heavy atom. The fourth-order valence-electron chi connectivity index (χ4n) is 3.00. The van der Waals surface area contributed by atoms with Gasteiger partial charge in [-0.25, -0.2) is 4.98 Å². The summed E-state index contributed by atoms with van der Waals surface area (Å²) < 4.78 is 2.13. The van der Waals surface area contributed by atoms with Gasteiger partial charge >= 0.3 is 0 Å². The van der Waals surface area contributed by atoms with Gasteiger partial charge in [0.05, 0.1) is 0 Å². The second-order valence-corrected chi connectivity index (χ2v) is 6.74. The Morgan fingerprint density at radius 3 is 3.05 bits per heavy atom. The van der Waals surface area contributed by atoms with E-state index in [1.54, 1.807) is 0 Å². The lowest BCUT2D eigenvalue weighted by molar-refractivity contribution is 0.440. The van der Waals surface area contributed by atoms with E-state index in [9.17, 15) is 0 Å². The zero-order valence-corrected chi connectivity index (χ0v) is 13.6. The molecule has 21 heavy (non-hydrogen) atoms. The van der Waals surface area contributed by atoms with Gasteiger partial charge in [0.1, 0.15) is 5.82 Å². The highest BCUT2D eigenvalue weighted by atomic mass is 32.2. The van der Waals surface area contributed by atoms with Crippen LogP contribution in [0.15, 0.2) is 41.6 Å². The second kappa shape index (κ2) is 6.67. The lowest BCUT2D eigenvalue weighted by Crippen LogP contribution is -2.38. The molecule has 1 aliphatic heterocycles. The molecule has 0 amide bonds. The highest BCUT2D eigenvalue weighted by molar-refractivity contribution is 7.99. The van der Waals surface area contributed by atoms with E-state index in [0.29, 0.717) is 12.0 Å². The first-order valence-corrected chi connectivity index (χ1v) is 8.69. The topological polar surface area (TPSA) is 29.9 Å². The summed E-state index contributed by atoms with van der Waals surface area (Å²) in [5, 5.41) is 3.75. The molecule has 0 bridgehead atoms. The van der Waals surface area contributed by atoms with Crippen molar-refractivity contribution in [3.05, 3.63) is 48.0 Å². The maximum Gasteiger partial charge on any atom is 0.109 e. The number of rotatable bonds is 6. The third-order valence-corrected chi connectivity index (χ3v) is 5.41. The minimum absolute atomic E-state index is 0.460. The molecule has 1 aromatic heterocycles. The predicted octanol–water partition coefficient (Wildman–Crippen LogP) is 3.22. The van der Waals surface area contributed by atoms with Gasteiger partial charge in [-0.1, -0.05) is 25.1 Å². The Bertz CT molecular complexity index is 593. The molecule has 1 aliphatic rings. The highest BCUT2D eigenvalue weighted by Gasteiger charge is 2.30. The van der Waals surface area contributed by atoms with E-state index in [0.717, 1.165) is 18.8 Å². The first kappa shape index (κ1) is 14.7. The average Bonchev–Trinajstić information content (AvgIpc) is 3.10. The van der Waals surface area contributed by atoms with Gasteiger partial charge in [0.25, 0.3) is 0 Å². The van der Waals surface area contributed by atoms with Gasteiger partial charge in [-0.3, -0.25) is 0 Å². The molecule has 0 saturated heterocycles. The number of imidazole rings is 1. The quantitative estimate of drug-likeness (QED) is 0.888. The van der Waals surface area contributed by atoms with Crippen molar-refractivity contribution >= 4 is 11.8 Å². The molecular weight excluding hydrogens is 278 g/mol. The standard InChI is InChI=1S/C17H23N3S/c1-3-8-18-15(11-17-19-9-10-20(17)2)14-12-21-16-7-5-4-6-13(14)16/h4-7,9-10,14-15,18H,3,8,11-12H2,1-2H3. The van der Waals surface area contributed by atoms with E-state index in [1.807, 2.05) is 24.2 Å².